The molecule has 2 aromatic carbocycles. The summed E-state index contributed by atoms with van der Waals surface area (Å²) in [6, 6.07) is 13.7. The number of hydrogen-bond donors (Lipinski definition) is 1. The van der Waals surface area contributed by atoms with Crippen molar-refractivity contribution in [1.29, 1.82) is 0 Å². The van der Waals surface area contributed by atoms with E-state index in [0.29, 0.717) is 46.8 Å². The van der Waals surface area contributed by atoms with Crippen molar-refractivity contribution in [2.45, 2.75) is 19.1 Å². The van der Waals surface area contributed by atoms with Gasteiger partial charge in [0.1, 0.15) is 18.0 Å². The molecule has 4 aromatic rings. The minimum Gasteiger partial charge on any atom is -0.488 e. The van der Waals surface area contributed by atoms with E-state index >= 15 is 0 Å². The number of aromatic nitrogens is 3. The summed E-state index contributed by atoms with van der Waals surface area (Å²) in [5.74, 6) is 0.132. The molecule has 1 N–H and O–H groups in total. The van der Waals surface area contributed by atoms with Crippen molar-refractivity contribution in [3.8, 4) is 28.5 Å². The number of ether oxygens (including phenoxy) is 3. The molecule has 6 rings (SSSR count). The molecular weight excluding hydrogens is 477 g/mol. The summed E-state index contributed by atoms with van der Waals surface area (Å²) in [7, 11) is 1.57. The summed E-state index contributed by atoms with van der Waals surface area (Å²) in [6.07, 6.45) is 0.311. The summed E-state index contributed by atoms with van der Waals surface area (Å²) in [5, 5.41) is 12.1. The Bertz CT molecular complexity index is 1370. The molecule has 0 saturated carbocycles. The standard InChI is InChI=1S/C27H30FN5O4/c1-17-14-32(7-8-35-17)20-15-33(16-20)19-5-3-18(4-6-19)23-12-26(37-31-23)27-21-11-22(28)25(36-10-9-34-2)13-24(21)29-30-27/h3-6,11-13,17,20H,7-10,14-16H2,1-2H3,(H,29,30)/t17-/m1/s1. The highest BCUT2D eigenvalue weighted by atomic mass is 19.1. The number of benzene rings is 2. The Kier molecular flexibility index (Phi) is 6.54. The van der Waals surface area contributed by atoms with E-state index in [1.165, 1.54) is 11.8 Å². The zero-order valence-corrected chi connectivity index (χ0v) is 20.9. The maximum absolute atomic E-state index is 14.6. The van der Waals surface area contributed by atoms with Gasteiger partial charge in [0.25, 0.3) is 0 Å². The van der Waals surface area contributed by atoms with Crippen LogP contribution in [0.1, 0.15) is 6.92 Å². The van der Waals surface area contributed by atoms with Gasteiger partial charge in [0.05, 0.1) is 24.8 Å². The Labute approximate surface area is 214 Å². The monoisotopic (exact) mass is 507 g/mol. The highest BCUT2D eigenvalue weighted by Crippen LogP contribution is 2.34. The minimum absolute atomic E-state index is 0.145. The van der Waals surface area contributed by atoms with Crippen molar-refractivity contribution in [3.05, 3.63) is 48.3 Å². The second kappa shape index (κ2) is 10.1. The van der Waals surface area contributed by atoms with Crippen LogP contribution in [0.4, 0.5) is 10.1 Å². The molecule has 2 fully saturated rings. The number of methoxy groups -OCH3 is 1. The van der Waals surface area contributed by atoms with Gasteiger partial charge in [-0.25, -0.2) is 4.39 Å². The summed E-state index contributed by atoms with van der Waals surface area (Å²) in [5.41, 5.74) is 3.98. The van der Waals surface area contributed by atoms with E-state index < -0.39 is 5.82 Å². The molecule has 2 saturated heterocycles. The molecule has 0 radical (unpaired) electrons. The van der Waals surface area contributed by atoms with E-state index in [0.717, 1.165) is 38.3 Å². The van der Waals surface area contributed by atoms with Crippen molar-refractivity contribution in [1.82, 2.24) is 20.3 Å². The fourth-order valence-electron chi connectivity index (χ4n) is 4.99. The van der Waals surface area contributed by atoms with Crippen LogP contribution < -0.4 is 9.64 Å². The number of hydrogen-bond acceptors (Lipinski definition) is 8. The molecule has 10 heteroatoms. The van der Waals surface area contributed by atoms with Crippen molar-refractivity contribution in [2.75, 3.05) is 58.0 Å². The van der Waals surface area contributed by atoms with Crippen molar-refractivity contribution < 1.29 is 23.1 Å². The summed E-state index contributed by atoms with van der Waals surface area (Å²) < 4.78 is 36.3. The van der Waals surface area contributed by atoms with Crippen LogP contribution in [0.3, 0.4) is 0 Å². The number of nitrogens with one attached hydrogen (secondary N) is 1. The van der Waals surface area contributed by atoms with Crippen molar-refractivity contribution >= 4 is 16.6 Å². The first-order valence-corrected chi connectivity index (χ1v) is 12.6. The van der Waals surface area contributed by atoms with Gasteiger partial charge >= 0.3 is 0 Å². The maximum Gasteiger partial charge on any atom is 0.188 e. The minimum atomic E-state index is -0.474. The smallest absolute Gasteiger partial charge is 0.188 e. The maximum atomic E-state index is 14.6. The molecule has 2 aliphatic heterocycles. The van der Waals surface area contributed by atoms with Gasteiger partial charge in [0.15, 0.2) is 17.3 Å². The molecule has 1 atom stereocenters. The van der Waals surface area contributed by atoms with Crippen LogP contribution in [0.25, 0.3) is 33.6 Å². The molecule has 2 aliphatic rings. The molecule has 0 unspecified atom stereocenters. The SMILES string of the molecule is COCCOc1cc2[nH]nc(-c3cc(-c4ccc(N5CC(N6CCO[C@H](C)C6)C5)cc4)no3)c2cc1F. The molecule has 2 aromatic heterocycles. The number of halogens is 1. The van der Waals surface area contributed by atoms with E-state index in [1.807, 2.05) is 18.2 Å². The molecule has 0 spiro atoms. The largest absolute Gasteiger partial charge is 0.488 e. The van der Waals surface area contributed by atoms with E-state index in [4.69, 9.17) is 18.7 Å². The quantitative estimate of drug-likeness (QED) is 0.359. The fourth-order valence-corrected chi connectivity index (χ4v) is 4.99. The third-order valence-corrected chi connectivity index (χ3v) is 7.08. The van der Waals surface area contributed by atoms with Crippen LogP contribution in [-0.2, 0) is 9.47 Å². The first kappa shape index (κ1) is 23.9. The van der Waals surface area contributed by atoms with Crippen LogP contribution in [0.2, 0.25) is 0 Å². The van der Waals surface area contributed by atoms with E-state index in [9.17, 15) is 4.39 Å². The number of nitrogens with zero attached hydrogens (tertiary/aromatic N) is 4. The third-order valence-electron chi connectivity index (χ3n) is 7.08. The van der Waals surface area contributed by atoms with Gasteiger partial charge in [-0.2, -0.15) is 5.10 Å². The van der Waals surface area contributed by atoms with Crippen LogP contribution in [0.5, 0.6) is 5.75 Å². The zero-order valence-electron chi connectivity index (χ0n) is 20.9. The van der Waals surface area contributed by atoms with Gasteiger partial charge in [-0.3, -0.25) is 10.00 Å². The number of aromatic amines is 1. The Morgan fingerprint density at radius 3 is 2.73 bits per heavy atom. The lowest BCUT2D eigenvalue weighted by atomic mass is 10.0. The number of fused-ring (bicyclic) bond motifs is 1. The van der Waals surface area contributed by atoms with E-state index in [2.05, 4.69) is 44.2 Å². The van der Waals surface area contributed by atoms with E-state index in [1.54, 1.807) is 13.2 Å². The summed E-state index contributed by atoms with van der Waals surface area (Å²) in [6.45, 7) is 7.67. The molecule has 0 amide bonds. The predicted molar refractivity (Wildman–Crippen MR) is 137 cm³/mol. The Morgan fingerprint density at radius 2 is 1.95 bits per heavy atom. The highest BCUT2D eigenvalue weighted by molar-refractivity contribution is 5.93. The van der Waals surface area contributed by atoms with Crippen molar-refractivity contribution in [2.24, 2.45) is 0 Å². The van der Waals surface area contributed by atoms with Gasteiger partial charge in [-0.05, 0) is 25.1 Å². The number of H-pyrrole nitrogens is 1. The first-order valence-electron chi connectivity index (χ1n) is 12.6. The first-order chi connectivity index (χ1) is 18.1. The number of rotatable bonds is 8. The van der Waals surface area contributed by atoms with E-state index in [-0.39, 0.29) is 12.4 Å². The van der Waals surface area contributed by atoms with Crippen LogP contribution in [0.15, 0.2) is 47.0 Å². The molecule has 0 bridgehead atoms. The fraction of sp³-hybridized carbons (Fsp3) is 0.407. The normalized spacial score (nSPS) is 18.9. The Hall–Kier alpha value is -3.47. The lowest BCUT2D eigenvalue weighted by Gasteiger charge is -2.48. The lowest BCUT2D eigenvalue weighted by Crippen LogP contribution is -2.62. The summed E-state index contributed by atoms with van der Waals surface area (Å²) in [4.78, 5) is 4.93. The molecular formula is C27H30FN5O4. The average molecular weight is 508 g/mol. The topological polar surface area (TPSA) is 88.9 Å². The molecule has 37 heavy (non-hydrogen) atoms. The number of morpholine rings is 1. The highest BCUT2D eigenvalue weighted by Gasteiger charge is 2.34. The molecule has 4 heterocycles. The van der Waals surface area contributed by atoms with Gasteiger partial charge in [-0.15, -0.1) is 0 Å². The van der Waals surface area contributed by atoms with Crippen LogP contribution in [0, 0.1) is 5.82 Å². The van der Waals surface area contributed by atoms with Crippen molar-refractivity contribution in [3.63, 3.8) is 0 Å². The average Bonchev–Trinajstić information content (AvgIpc) is 3.51. The van der Waals surface area contributed by atoms with Gasteiger partial charge in [-0.1, -0.05) is 17.3 Å². The Morgan fingerprint density at radius 1 is 1.11 bits per heavy atom. The zero-order chi connectivity index (χ0) is 25.4. The van der Waals surface area contributed by atoms with Gasteiger partial charge in [0.2, 0.25) is 0 Å². The van der Waals surface area contributed by atoms with Gasteiger partial charge in [0, 0.05) is 68.1 Å². The number of anilines is 1. The second-order valence-corrected chi connectivity index (χ2v) is 9.60. The lowest BCUT2D eigenvalue weighted by molar-refractivity contribution is -0.0380. The third kappa shape index (κ3) is 4.79. The predicted octanol–water partition coefficient (Wildman–Crippen LogP) is 3.96. The Balaban J connectivity index is 1.13. The van der Waals surface area contributed by atoms with Crippen LogP contribution in [-0.4, -0.2) is 85.5 Å². The molecule has 0 aliphatic carbocycles. The second-order valence-electron chi connectivity index (χ2n) is 9.60. The summed E-state index contributed by atoms with van der Waals surface area (Å²) >= 11 is 0. The van der Waals surface area contributed by atoms with Crippen LogP contribution >= 0.6 is 0 Å². The molecule has 194 valence electrons. The molecule has 9 nitrogen and oxygen atoms in total. The van der Waals surface area contributed by atoms with Gasteiger partial charge < -0.3 is 23.6 Å².